The van der Waals surface area contributed by atoms with Crippen molar-refractivity contribution in [1.29, 1.82) is 0 Å². The molecule has 0 radical (unpaired) electrons. The predicted molar refractivity (Wildman–Crippen MR) is 81.0 cm³/mol. The molecule has 1 aromatic carbocycles. The highest BCUT2D eigenvalue weighted by atomic mass is 32.2. The summed E-state index contributed by atoms with van der Waals surface area (Å²) in [6, 6.07) is 3.75. The highest BCUT2D eigenvalue weighted by molar-refractivity contribution is 7.99. The monoisotopic (exact) mass is 300 g/mol. The number of anilines is 1. The number of sulfonamides is 1. The first-order valence-electron chi connectivity index (χ1n) is 6.27. The fourth-order valence-electron chi connectivity index (χ4n) is 2.30. The molecule has 4 nitrogen and oxygen atoms in total. The Morgan fingerprint density at radius 3 is 2.53 bits per heavy atom. The minimum Gasteiger partial charge on any atom is -0.397 e. The number of nitrogen functional groups attached to an aromatic ring is 1. The van der Waals surface area contributed by atoms with Crippen LogP contribution in [0.1, 0.15) is 17.5 Å². The van der Waals surface area contributed by atoms with Gasteiger partial charge in [-0.15, -0.1) is 0 Å². The van der Waals surface area contributed by atoms with E-state index >= 15 is 0 Å². The Bertz CT molecular complexity index is 579. The quantitative estimate of drug-likeness (QED) is 0.867. The standard InChI is InChI=1S/C13H20N2O2S2/c1-9-4-5-10(2)13(12(9)14)19(16,17)15(3)11-6-7-18-8-11/h4-5,11H,6-8,14H2,1-3H3. The van der Waals surface area contributed by atoms with Gasteiger partial charge in [-0.05, 0) is 37.1 Å². The molecule has 0 aromatic heterocycles. The molecule has 0 amide bonds. The van der Waals surface area contributed by atoms with E-state index in [2.05, 4.69) is 0 Å². The van der Waals surface area contributed by atoms with Crippen LogP contribution < -0.4 is 5.73 Å². The lowest BCUT2D eigenvalue weighted by molar-refractivity contribution is 0.394. The largest absolute Gasteiger partial charge is 0.397 e. The average Bonchev–Trinajstić information content (AvgIpc) is 2.86. The second-order valence-electron chi connectivity index (χ2n) is 4.98. The Balaban J connectivity index is 2.47. The summed E-state index contributed by atoms with van der Waals surface area (Å²) >= 11 is 1.80. The van der Waals surface area contributed by atoms with Crippen LogP contribution in [0.2, 0.25) is 0 Å². The zero-order chi connectivity index (χ0) is 14.2. The Labute approximate surface area is 119 Å². The lowest BCUT2D eigenvalue weighted by Gasteiger charge is -2.25. The zero-order valence-corrected chi connectivity index (χ0v) is 13.1. The van der Waals surface area contributed by atoms with Crippen molar-refractivity contribution in [1.82, 2.24) is 4.31 Å². The molecule has 2 N–H and O–H groups in total. The molecular weight excluding hydrogens is 280 g/mol. The van der Waals surface area contributed by atoms with Gasteiger partial charge in [0.2, 0.25) is 10.0 Å². The summed E-state index contributed by atoms with van der Waals surface area (Å²) < 4.78 is 27.0. The molecule has 1 unspecified atom stereocenters. The van der Waals surface area contributed by atoms with Crippen molar-refractivity contribution in [3.63, 3.8) is 0 Å². The molecular formula is C13H20N2O2S2. The summed E-state index contributed by atoms with van der Waals surface area (Å²) in [6.45, 7) is 3.62. The lowest BCUT2D eigenvalue weighted by atomic mass is 10.1. The molecule has 1 atom stereocenters. The molecule has 1 heterocycles. The van der Waals surface area contributed by atoms with Crippen LogP contribution >= 0.6 is 11.8 Å². The van der Waals surface area contributed by atoms with Crippen molar-refractivity contribution in [2.75, 3.05) is 24.3 Å². The first-order valence-corrected chi connectivity index (χ1v) is 8.86. The van der Waals surface area contributed by atoms with E-state index in [0.29, 0.717) is 11.3 Å². The topological polar surface area (TPSA) is 63.4 Å². The van der Waals surface area contributed by atoms with Crippen LogP contribution in [0.4, 0.5) is 5.69 Å². The van der Waals surface area contributed by atoms with Gasteiger partial charge in [-0.2, -0.15) is 16.1 Å². The van der Waals surface area contributed by atoms with E-state index in [1.54, 1.807) is 25.7 Å². The highest BCUT2D eigenvalue weighted by Gasteiger charge is 2.32. The van der Waals surface area contributed by atoms with E-state index in [0.717, 1.165) is 23.5 Å². The van der Waals surface area contributed by atoms with Crippen molar-refractivity contribution in [3.05, 3.63) is 23.3 Å². The SMILES string of the molecule is Cc1ccc(C)c(S(=O)(=O)N(C)C2CCSC2)c1N. The maximum Gasteiger partial charge on any atom is 0.245 e. The first kappa shape index (κ1) is 14.7. The second-order valence-corrected chi connectivity index (χ2v) is 8.06. The van der Waals surface area contributed by atoms with Crippen molar-refractivity contribution < 1.29 is 8.42 Å². The summed E-state index contributed by atoms with van der Waals surface area (Å²) in [4.78, 5) is 0.270. The summed E-state index contributed by atoms with van der Waals surface area (Å²) in [5.74, 6) is 1.88. The fourth-order valence-corrected chi connectivity index (χ4v) is 5.43. The Morgan fingerprint density at radius 1 is 1.32 bits per heavy atom. The van der Waals surface area contributed by atoms with Crippen molar-refractivity contribution in [2.24, 2.45) is 0 Å². The molecule has 0 bridgehead atoms. The second kappa shape index (κ2) is 5.34. The van der Waals surface area contributed by atoms with Crippen LogP contribution in [0.3, 0.4) is 0 Å². The number of hydrogen-bond donors (Lipinski definition) is 1. The third-order valence-corrected chi connectivity index (χ3v) is 6.93. The maximum atomic E-state index is 12.7. The molecule has 0 saturated carbocycles. The first-order chi connectivity index (χ1) is 8.85. The van der Waals surface area contributed by atoms with Gasteiger partial charge in [0, 0.05) is 18.8 Å². The zero-order valence-electron chi connectivity index (χ0n) is 11.5. The molecule has 1 fully saturated rings. The normalized spacial score (nSPS) is 20.1. The molecule has 19 heavy (non-hydrogen) atoms. The van der Waals surface area contributed by atoms with Crippen molar-refractivity contribution in [3.8, 4) is 0 Å². The van der Waals surface area contributed by atoms with E-state index in [-0.39, 0.29) is 10.9 Å². The minimum atomic E-state index is -3.51. The number of nitrogens with zero attached hydrogens (tertiary/aromatic N) is 1. The van der Waals surface area contributed by atoms with Crippen LogP contribution in [-0.2, 0) is 10.0 Å². The molecule has 1 saturated heterocycles. The molecule has 1 aliphatic rings. The summed E-state index contributed by atoms with van der Waals surface area (Å²) in [5, 5.41) is 0. The van der Waals surface area contributed by atoms with Gasteiger partial charge >= 0.3 is 0 Å². The predicted octanol–water partition coefficient (Wildman–Crippen LogP) is 2.01. The van der Waals surface area contributed by atoms with Crippen molar-refractivity contribution in [2.45, 2.75) is 31.2 Å². The number of nitrogens with two attached hydrogens (primary N) is 1. The van der Waals surface area contributed by atoms with Gasteiger partial charge in [-0.1, -0.05) is 12.1 Å². The Hall–Kier alpha value is -0.720. The number of thioether (sulfide) groups is 1. The highest BCUT2D eigenvalue weighted by Crippen LogP contribution is 2.31. The van der Waals surface area contributed by atoms with Crippen LogP contribution in [0.15, 0.2) is 17.0 Å². The van der Waals surface area contributed by atoms with Gasteiger partial charge in [0.05, 0.1) is 5.69 Å². The van der Waals surface area contributed by atoms with Gasteiger partial charge < -0.3 is 5.73 Å². The molecule has 106 valence electrons. The molecule has 0 aliphatic carbocycles. The lowest BCUT2D eigenvalue weighted by Crippen LogP contribution is -2.37. The van der Waals surface area contributed by atoms with E-state index in [4.69, 9.17) is 5.73 Å². The van der Waals surface area contributed by atoms with Gasteiger partial charge in [0.25, 0.3) is 0 Å². The van der Waals surface area contributed by atoms with Gasteiger partial charge in [0.15, 0.2) is 0 Å². The van der Waals surface area contributed by atoms with Crippen LogP contribution in [0.5, 0.6) is 0 Å². The van der Waals surface area contributed by atoms with Crippen LogP contribution in [-0.4, -0.2) is 37.3 Å². The minimum absolute atomic E-state index is 0.0781. The number of benzene rings is 1. The molecule has 1 aromatic rings. The van der Waals surface area contributed by atoms with E-state index < -0.39 is 10.0 Å². The number of aryl methyl sites for hydroxylation is 2. The molecule has 6 heteroatoms. The smallest absolute Gasteiger partial charge is 0.245 e. The summed E-state index contributed by atoms with van der Waals surface area (Å²) in [6.07, 6.45) is 0.908. The fraction of sp³-hybridized carbons (Fsp3) is 0.538. The third-order valence-electron chi connectivity index (χ3n) is 3.67. The van der Waals surface area contributed by atoms with Gasteiger partial charge in [-0.25, -0.2) is 8.42 Å². The van der Waals surface area contributed by atoms with Crippen LogP contribution in [0.25, 0.3) is 0 Å². The molecule has 2 rings (SSSR count). The van der Waals surface area contributed by atoms with E-state index in [1.807, 2.05) is 19.1 Å². The van der Waals surface area contributed by atoms with E-state index in [9.17, 15) is 8.42 Å². The summed E-state index contributed by atoms with van der Waals surface area (Å²) in [7, 11) is -1.85. The number of rotatable bonds is 3. The van der Waals surface area contributed by atoms with E-state index in [1.165, 1.54) is 4.31 Å². The third kappa shape index (κ3) is 2.61. The maximum absolute atomic E-state index is 12.7. The average molecular weight is 300 g/mol. The molecule has 0 spiro atoms. The number of hydrogen-bond acceptors (Lipinski definition) is 4. The van der Waals surface area contributed by atoms with Crippen molar-refractivity contribution >= 4 is 27.5 Å². The Kier molecular flexibility index (Phi) is 4.13. The van der Waals surface area contributed by atoms with Gasteiger partial charge in [0.1, 0.15) is 4.90 Å². The summed E-state index contributed by atoms with van der Waals surface area (Å²) in [5.41, 5.74) is 7.88. The Morgan fingerprint density at radius 2 is 1.95 bits per heavy atom. The van der Waals surface area contributed by atoms with Crippen LogP contribution in [0, 0.1) is 13.8 Å². The van der Waals surface area contributed by atoms with Gasteiger partial charge in [-0.3, -0.25) is 0 Å². The molecule has 1 aliphatic heterocycles.